The van der Waals surface area contributed by atoms with Crippen LogP contribution in [0.15, 0.2) is 24.5 Å². The van der Waals surface area contributed by atoms with E-state index in [0.717, 1.165) is 16.3 Å². The van der Waals surface area contributed by atoms with Crippen LogP contribution >= 0.6 is 11.6 Å². The highest BCUT2D eigenvalue weighted by atomic mass is 35.5. The fourth-order valence-electron chi connectivity index (χ4n) is 3.36. The second-order valence-corrected chi connectivity index (χ2v) is 7.95. The summed E-state index contributed by atoms with van der Waals surface area (Å²) >= 11 is 5.20. The molecule has 0 aromatic carbocycles. The molecule has 4 rings (SSSR count). The number of amides is 2. The highest BCUT2D eigenvalue weighted by molar-refractivity contribution is 6.21. The molecule has 0 aliphatic rings. The van der Waals surface area contributed by atoms with Crippen molar-refractivity contribution in [3.63, 3.8) is 0 Å². The standard InChI is InChI=1S/C20H20ClF2N9O2/c1-5-31-17(19(34)27-13-8-24-30(4)11(13)3)14(9-25-31)28-18(33)12-7-16-26-10(2)6-15(20(21,22)23)32(16)29-12/h6-9H,5H2,1-4H3,(H,27,34)(H,28,33). The molecule has 2 amide bonds. The fourth-order valence-corrected chi connectivity index (χ4v) is 3.49. The Morgan fingerprint density at radius 3 is 2.38 bits per heavy atom. The van der Waals surface area contributed by atoms with E-state index in [1.165, 1.54) is 30.1 Å². The van der Waals surface area contributed by atoms with E-state index in [2.05, 4.69) is 30.9 Å². The smallest absolute Gasteiger partial charge is 0.318 e. The number of hydrogen-bond donors (Lipinski definition) is 2. The second-order valence-electron chi connectivity index (χ2n) is 7.48. The topological polar surface area (TPSA) is 124 Å². The van der Waals surface area contributed by atoms with Crippen molar-refractivity contribution in [2.45, 2.75) is 32.7 Å². The third-order valence-electron chi connectivity index (χ3n) is 5.16. The molecule has 0 atom stereocenters. The summed E-state index contributed by atoms with van der Waals surface area (Å²) < 4.78 is 31.5. The first-order valence-corrected chi connectivity index (χ1v) is 10.5. The molecule has 0 bridgehead atoms. The molecule has 0 spiro atoms. The predicted molar refractivity (Wildman–Crippen MR) is 119 cm³/mol. The van der Waals surface area contributed by atoms with Crippen LogP contribution in [0.5, 0.6) is 0 Å². The van der Waals surface area contributed by atoms with Crippen molar-refractivity contribution < 1.29 is 18.4 Å². The minimum absolute atomic E-state index is 0.0229. The molecule has 0 radical (unpaired) electrons. The number of aromatic nitrogens is 7. The summed E-state index contributed by atoms with van der Waals surface area (Å²) in [4.78, 5) is 30.0. The van der Waals surface area contributed by atoms with Crippen LogP contribution in [0.2, 0.25) is 0 Å². The van der Waals surface area contributed by atoms with Gasteiger partial charge in [0.2, 0.25) is 0 Å². The van der Waals surface area contributed by atoms with Crippen LogP contribution in [0, 0.1) is 13.8 Å². The van der Waals surface area contributed by atoms with Gasteiger partial charge in [0.25, 0.3) is 11.8 Å². The Hall–Kier alpha value is -3.87. The number of nitrogens with one attached hydrogen (secondary N) is 2. The van der Waals surface area contributed by atoms with E-state index in [0.29, 0.717) is 12.2 Å². The summed E-state index contributed by atoms with van der Waals surface area (Å²) in [7, 11) is 1.74. The van der Waals surface area contributed by atoms with Gasteiger partial charge in [-0.25, -0.2) is 9.50 Å². The molecule has 0 saturated carbocycles. The number of alkyl halides is 3. The van der Waals surface area contributed by atoms with E-state index < -0.39 is 22.9 Å². The van der Waals surface area contributed by atoms with E-state index in [1.807, 2.05) is 0 Å². The predicted octanol–water partition coefficient (Wildman–Crippen LogP) is 3.09. The van der Waals surface area contributed by atoms with Crippen LogP contribution in [0.25, 0.3) is 5.65 Å². The molecule has 34 heavy (non-hydrogen) atoms. The number of carbonyl (C=O) groups is 2. The van der Waals surface area contributed by atoms with Gasteiger partial charge in [-0.1, -0.05) is 0 Å². The maximum absolute atomic E-state index is 13.8. The van der Waals surface area contributed by atoms with Crippen LogP contribution in [0.4, 0.5) is 20.2 Å². The first-order valence-electron chi connectivity index (χ1n) is 10.1. The molecule has 0 unspecified atom stereocenters. The number of fused-ring (bicyclic) bond motifs is 1. The van der Waals surface area contributed by atoms with Crippen LogP contribution in [-0.2, 0) is 19.0 Å². The molecule has 178 valence electrons. The van der Waals surface area contributed by atoms with Crippen molar-refractivity contribution >= 4 is 40.4 Å². The quantitative estimate of drug-likeness (QED) is 0.399. The Bertz CT molecular complexity index is 1420. The average molecular weight is 492 g/mol. The Labute approximate surface area is 196 Å². The minimum Gasteiger partial charge on any atom is -0.318 e. The van der Waals surface area contributed by atoms with E-state index in [-0.39, 0.29) is 28.4 Å². The highest BCUT2D eigenvalue weighted by Gasteiger charge is 2.33. The molecule has 2 N–H and O–H groups in total. The second kappa shape index (κ2) is 8.48. The van der Waals surface area contributed by atoms with E-state index in [4.69, 9.17) is 11.6 Å². The van der Waals surface area contributed by atoms with Crippen molar-refractivity contribution in [3.8, 4) is 0 Å². The van der Waals surface area contributed by atoms with E-state index >= 15 is 0 Å². The summed E-state index contributed by atoms with van der Waals surface area (Å²) in [5, 5.41) is 13.8. The van der Waals surface area contributed by atoms with Gasteiger partial charge in [0.15, 0.2) is 11.3 Å². The lowest BCUT2D eigenvalue weighted by molar-refractivity contribution is 0.0867. The Morgan fingerprint density at radius 2 is 1.76 bits per heavy atom. The maximum atomic E-state index is 13.8. The zero-order valence-electron chi connectivity index (χ0n) is 18.6. The van der Waals surface area contributed by atoms with Crippen LogP contribution in [0.1, 0.15) is 45.0 Å². The number of aryl methyl sites for hydroxylation is 3. The molecule has 4 aromatic rings. The molecule has 0 aliphatic heterocycles. The summed E-state index contributed by atoms with van der Waals surface area (Å²) in [6, 6.07) is 2.33. The zero-order chi connectivity index (χ0) is 24.8. The Morgan fingerprint density at radius 1 is 1.09 bits per heavy atom. The highest BCUT2D eigenvalue weighted by Crippen LogP contribution is 2.32. The van der Waals surface area contributed by atoms with Crippen LogP contribution in [-0.4, -0.2) is 46.0 Å². The van der Waals surface area contributed by atoms with Crippen molar-refractivity contribution in [2.75, 3.05) is 10.6 Å². The van der Waals surface area contributed by atoms with Gasteiger partial charge in [0.1, 0.15) is 11.4 Å². The Balaban J connectivity index is 1.65. The van der Waals surface area contributed by atoms with Gasteiger partial charge in [-0.2, -0.15) is 24.1 Å². The van der Waals surface area contributed by atoms with Crippen molar-refractivity contribution in [3.05, 3.63) is 53.0 Å². The molecule has 4 heterocycles. The number of nitrogens with zero attached hydrogens (tertiary/aromatic N) is 7. The van der Waals surface area contributed by atoms with Crippen molar-refractivity contribution in [2.24, 2.45) is 7.05 Å². The molecule has 0 aliphatic carbocycles. The van der Waals surface area contributed by atoms with Gasteiger partial charge in [-0.05, 0) is 38.4 Å². The molecule has 14 heteroatoms. The number of hydrogen-bond acceptors (Lipinski definition) is 6. The summed E-state index contributed by atoms with van der Waals surface area (Å²) in [6.07, 6.45) is 2.83. The molecular formula is C20H20ClF2N9O2. The maximum Gasteiger partial charge on any atom is 0.364 e. The van der Waals surface area contributed by atoms with Gasteiger partial charge in [-0.15, -0.1) is 0 Å². The number of anilines is 2. The average Bonchev–Trinajstić information content (AvgIpc) is 3.45. The lowest BCUT2D eigenvalue weighted by Gasteiger charge is -2.10. The van der Waals surface area contributed by atoms with Crippen LogP contribution < -0.4 is 10.6 Å². The van der Waals surface area contributed by atoms with Crippen molar-refractivity contribution in [1.29, 1.82) is 0 Å². The number of carbonyl (C=O) groups excluding carboxylic acids is 2. The van der Waals surface area contributed by atoms with Gasteiger partial charge in [0.05, 0.1) is 29.5 Å². The molecule has 11 nitrogen and oxygen atoms in total. The number of rotatable bonds is 6. The van der Waals surface area contributed by atoms with Gasteiger partial charge in [0, 0.05) is 25.4 Å². The van der Waals surface area contributed by atoms with Gasteiger partial charge < -0.3 is 10.6 Å². The molecular weight excluding hydrogens is 472 g/mol. The first-order chi connectivity index (χ1) is 16.0. The molecule has 4 aromatic heterocycles. The third kappa shape index (κ3) is 4.21. The summed E-state index contributed by atoms with van der Waals surface area (Å²) in [5.74, 6) is -1.25. The number of halogens is 3. The largest absolute Gasteiger partial charge is 0.364 e. The molecule has 0 fully saturated rings. The van der Waals surface area contributed by atoms with E-state index in [1.54, 1.807) is 25.6 Å². The monoisotopic (exact) mass is 491 g/mol. The Kier molecular flexibility index (Phi) is 5.81. The third-order valence-corrected chi connectivity index (χ3v) is 5.36. The fraction of sp³-hybridized carbons (Fsp3) is 0.300. The van der Waals surface area contributed by atoms with Crippen molar-refractivity contribution in [1.82, 2.24) is 34.2 Å². The van der Waals surface area contributed by atoms with Gasteiger partial charge >= 0.3 is 5.38 Å². The first kappa shape index (κ1) is 23.3. The minimum atomic E-state index is -3.72. The SMILES string of the molecule is CCn1ncc(NC(=O)c2cc3nc(C)cc(C(F)(F)Cl)n3n2)c1C(=O)Nc1cnn(C)c1C. The summed E-state index contributed by atoms with van der Waals surface area (Å²) in [5.41, 5.74) is 0.948. The summed E-state index contributed by atoms with van der Waals surface area (Å²) in [6.45, 7) is 5.46. The zero-order valence-corrected chi connectivity index (χ0v) is 19.4. The lowest BCUT2D eigenvalue weighted by Crippen LogP contribution is -2.21. The lowest BCUT2D eigenvalue weighted by atomic mass is 10.3. The normalized spacial score (nSPS) is 11.7. The van der Waals surface area contributed by atoms with E-state index in [9.17, 15) is 18.4 Å². The van der Waals surface area contributed by atoms with Crippen LogP contribution in [0.3, 0.4) is 0 Å². The molecule has 0 saturated heterocycles. The van der Waals surface area contributed by atoms with Gasteiger partial charge in [-0.3, -0.25) is 19.0 Å².